The number of rotatable bonds is 9. The predicted molar refractivity (Wildman–Crippen MR) is 170 cm³/mol. The number of hydrogen-bond donors (Lipinski definition) is 1. The number of ether oxygens (including phenoxy) is 2. The summed E-state index contributed by atoms with van der Waals surface area (Å²) in [7, 11) is 1.56. The first-order valence-electron chi connectivity index (χ1n) is 14.4. The normalized spacial score (nSPS) is 15.6. The van der Waals surface area contributed by atoms with Crippen molar-refractivity contribution in [2.24, 2.45) is 4.99 Å². The number of anilines is 1. The number of urea groups is 1. The number of amidine groups is 1. The molecule has 10 nitrogen and oxygen atoms in total. The fourth-order valence-corrected chi connectivity index (χ4v) is 5.68. The lowest BCUT2D eigenvalue weighted by atomic mass is 10.00. The van der Waals surface area contributed by atoms with Crippen LogP contribution in [0.5, 0.6) is 11.5 Å². The van der Waals surface area contributed by atoms with E-state index in [0.29, 0.717) is 34.1 Å². The van der Waals surface area contributed by atoms with E-state index in [1.807, 2.05) is 19.9 Å². The van der Waals surface area contributed by atoms with Crippen LogP contribution in [0.15, 0.2) is 78.0 Å². The number of aliphatic imine (C=N–C) groups is 1. The van der Waals surface area contributed by atoms with Crippen molar-refractivity contribution in [1.82, 2.24) is 20.1 Å². The lowest BCUT2D eigenvalue weighted by molar-refractivity contribution is -0.274. The molecule has 3 aromatic carbocycles. The molecular weight excluding hydrogens is 640 g/mol. The maximum atomic E-state index is 15.5. The Balaban J connectivity index is 1.24. The van der Waals surface area contributed by atoms with Crippen LogP contribution in [0.25, 0.3) is 17.1 Å². The highest BCUT2D eigenvalue weighted by Gasteiger charge is 2.33. The van der Waals surface area contributed by atoms with Crippen LogP contribution >= 0.6 is 11.8 Å². The zero-order chi connectivity index (χ0) is 33.9. The van der Waals surface area contributed by atoms with Crippen LogP contribution in [0.1, 0.15) is 44.0 Å². The van der Waals surface area contributed by atoms with Crippen molar-refractivity contribution in [1.29, 1.82) is 0 Å². The molecule has 0 spiro atoms. The fraction of sp³-hybridized carbons (Fsp3) is 0.281. The zero-order valence-electron chi connectivity index (χ0n) is 25.7. The van der Waals surface area contributed by atoms with E-state index in [1.165, 1.54) is 35.0 Å². The van der Waals surface area contributed by atoms with Gasteiger partial charge in [-0.15, -0.1) is 18.3 Å². The first-order chi connectivity index (χ1) is 22.3. The highest BCUT2D eigenvalue weighted by Crippen LogP contribution is 2.36. The topological polar surface area (TPSA) is 111 Å². The van der Waals surface area contributed by atoms with Crippen LogP contribution in [0.2, 0.25) is 0 Å². The second kappa shape index (κ2) is 13.8. The number of benzene rings is 3. The van der Waals surface area contributed by atoms with E-state index in [2.05, 4.69) is 25.1 Å². The van der Waals surface area contributed by atoms with E-state index in [1.54, 1.807) is 43.5 Å². The SMILES string of the molecule is COc1ccc(N2C(=O)CS/C2=N\C(=O)NC(C)C(F)c2ccc(-c3ncn(-c4ccc(OC(F)(F)F)cc4)n3)cc2)c(C(C)C)c1. The van der Waals surface area contributed by atoms with Crippen LogP contribution in [0, 0.1) is 0 Å². The van der Waals surface area contributed by atoms with Gasteiger partial charge in [0.05, 0.1) is 30.3 Å². The van der Waals surface area contributed by atoms with Crippen LogP contribution in [0.4, 0.5) is 28.0 Å². The van der Waals surface area contributed by atoms with Crippen molar-refractivity contribution in [2.75, 3.05) is 17.8 Å². The first-order valence-corrected chi connectivity index (χ1v) is 15.4. The molecule has 0 radical (unpaired) electrons. The number of nitrogens with zero attached hydrogens (tertiary/aromatic N) is 5. The number of amides is 3. The number of carbonyl (C=O) groups excluding carboxylic acids is 2. The maximum absolute atomic E-state index is 15.5. The standard InChI is InChI=1S/C32H30F4N6O4S/c1-18(2)25-15-24(45-4)13-14-26(25)42-27(43)16-47-31(42)39-30(44)38-19(3)28(33)20-5-7-21(8-6-20)29-37-17-41(40-29)22-9-11-23(12-10-22)46-32(34,35)36/h5-15,17-19,28H,16H2,1-4H3,(H,38,44)/b39-31-. The Morgan fingerprint density at radius 1 is 1.02 bits per heavy atom. The number of alkyl halides is 4. The van der Waals surface area contributed by atoms with Gasteiger partial charge in [-0.2, -0.15) is 4.99 Å². The highest BCUT2D eigenvalue weighted by molar-refractivity contribution is 8.15. The minimum Gasteiger partial charge on any atom is -0.497 e. The molecular formula is C32H30F4N6O4S. The molecule has 0 aliphatic carbocycles. The molecule has 1 saturated heterocycles. The van der Waals surface area contributed by atoms with Crippen LogP contribution in [0.3, 0.4) is 0 Å². The predicted octanol–water partition coefficient (Wildman–Crippen LogP) is 7.21. The van der Waals surface area contributed by atoms with Crippen molar-refractivity contribution in [3.05, 3.63) is 84.2 Å². The molecule has 4 aromatic rings. The Morgan fingerprint density at radius 3 is 2.34 bits per heavy atom. The summed E-state index contributed by atoms with van der Waals surface area (Å²) in [6, 6.07) is 15.1. The van der Waals surface area contributed by atoms with Gasteiger partial charge < -0.3 is 14.8 Å². The summed E-state index contributed by atoms with van der Waals surface area (Å²) in [5.74, 6) is 0.533. The molecule has 1 aromatic heterocycles. The Morgan fingerprint density at radius 2 is 1.70 bits per heavy atom. The molecule has 1 N–H and O–H groups in total. The van der Waals surface area contributed by atoms with E-state index in [4.69, 9.17) is 4.74 Å². The Labute approximate surface area is 271 Å². The lowest BCUT2D eigenvalue weighted by Gasteiger charge is -2.22. The van der Waals surface area contributed by atoms with Crippen LogP contribution in [-0.2, 0) is 4.79 Å². The molecule has 2 unspecified atom stereocenters. The van der Waals surface area contributed by atoms with Crippen molar-refractivity contribution in [3.63, 3.8) is 0 Å². The van der Waals surface area contributed by atoms with Gasteiger partial charge in [-0.25, -0.2) is 18.9 Å². The zero-order valence-corrected chi connectivity index (χ0v) is 26.5. The third-order valence-electron chi connectivity index (χ3n) is 7.16. The van der Waals surface area contributed by atoms with Gasteiger partial charge in [0.2, 0.25) is 5.91 Å². The number of aromatic nitrogens is 3. The largest absolute Gasteiger partial charge is 0.573 e. The molecule has 0 saturated carbocycles. The van der Waals surface area contributed by atoms with Gasteiger partial charge in [0, 0.05) is 5.56 Å². The van der Waals surface area contributed by atoms with Gasteiger partial charge in [-0.3, -0.25) is 9.69 Å². The summed E-state index contributed by atoms with van der Waals surface area (Å²) in [4.78, 5) is 35.4. The smallest absolute Gasteiger partial charge is 0.497 e. The maximum Gasteiger partial charge on any atom is 0.573 e. The third-order valence-corrected chi connectivity index (χ3v) is 8.09. The van der Waals surface area contributed by atoms with Crippen LogP contribution < -0.4 is 19.7 Å². The van der Waals surface area contributed by atoms with E-state index in [0.717, 1.165) is 29.5 Å². The minimum atomic E-state index is -4.79. The molecule has 2 heterocycles. The second-order valence-corrected chi connectivity index (χ2v) is 11.8. The quantitative estimate of drug-likeness (QED) is 0.187. The summed E-state index contributed by atoms with van der Waals surface area (Å²) in [6.45, 7) is 5.48. The molecule has 1 aliphatic heterocycles. The van der Waals surface area contributed by atoms with Crippen molar-refractivity contribution < 1.29 is 36.6 Å². The fourth-order valence-electron chi connectivity index (χ4n) is 4.82. The van der Waals surface area contributed by atoms with E-state index in [-0.39, 0.29) is 28.5 Å². The average Bonchev–Trinajstić information content (AvgIpc) is 3.67. The molecule has 1 aliphatic rings. The molecule has 5 rings (SSSR count). The molecule has 3 amide bonds. The molecule has 2 atom stereocenters. The molecule has 47 heavy (non-hydrogen) atoms. The summed E-state index contributed by atoms with van der Waals surface area (Å²) in [6.07, 6.45) is -4.98. The molecule has 246 valence electrons. The van der Waals surface area contributed by atoms with Crippen molar-refractivity contribution in [3.8, 4) is 28.6 Å². The summed E-state index contributed by atoms with van der Waals surface area (Å²) in [5, 5.41) is 7.11. The minimum absolute atomic E-state index is 0.0567. The highest BCUT2D eigenvalue weighted by atomic mass is 32.2. The third kappa shape index (κ3) is 7.91. The summed E-state index contributed by atoms with van der Waals surface area (Å²) < 4.78 is 63.3. The van der Waals surface area contributed by atoms with E-state index >= 15 is 4.39 Å². The second-order valence-electron chi connectivity index (χ2n) is 10.8. The van der Waals surface area contributed by atoms with Gasteiger partial charge in [0.1, 0.15) is 24.0 Å². The monoisotopic (exact) mass is 670 g/mol. The van der Waals surface area contributed by atoms with Gasteiger partial charge in [-0.1, -0.05) is 49.9 Å². The molecule has 15 heteroatoms. The Kier molecular flexibility index (Phi) is 9.84. The number of methoxy groups -OCH3 is 1. The van der Waals surface area contributed by atoms with Gasteiger partial charge in [0.15, 0.2) is 11.0 Å². The summed E-state index contributed by atoms with van der Waals surface area (Å²) in [5.41, 5.74) is 2.78. The number of hydrogen-bond acceptors (Lipinski definition) is 7. The summed E-state index contributed by atoms with van der Waals surface area (Å²) >= 11 is 1.13. The van der Waals surface area contributed by atoms with Crippen molar-refractivity contribution in [2.45, 2.75) is 45.3 Å². The van der Waals surface area contributed by atoms with Gasteiger partial charge >= 0.3 is 12.4 Å². The van der Waals surface area contributed by atoms with Gasteiger partial charge in [0.25, 0.3) is 0 Å². The van der Waals surface area contributed by atoms with E-state index in [9.17, 15) is 22.8 Å². The van der Waals surface area contributed by atoms with E-state index < -0.39 is 24.6 Å². The number of carbonyl (C=O) groups is 2. The Bertz CT molecular complexity index is 1780. The lowest BCUT2D eigenvalue weighted by Crippen LogP contribution is -2.36. The number of halogens is 4. The Hall–Kier alpha value is -4.92. The average molecular weight is 671 g/mol. The number of nitrogens with one attached hydrogen (secondary N) is 1. The molecule has 0 bridgehead atoms. The van der Waals surface area contributed by atoms with Gasteiger partial charge in [-0.05, 0) is 66.4 Å². The van der Waals surface area contributed by atoms with Crippen molar-refractivity contribution >= 4 is 34.6 Å². The van der Waals surface area contributed by atoms with Crippen LogP contribution in [-0.4, -0.2) is 57.1 Å². The number of thioether (sulfide) groups is 1. The first kappa shape index (κ1) is 33.4. The molecule has 1 fully saturated rings.